The Morgan fingerprint density at radius 1 is 0.900 bits per heavy atom. The highest BCUT2D eigenvalue weighted by Crippen LogP contribution is 2.20. The summed E-state index contributed by atoms with van der Waals surface area (Å²) >= 11 is 2.95. The molecular formula is C37H48N6O5S2. The van der Waals surface area contributed by atoms with Crippen LogP contribution < -0.4 is 16.0 Å². The van der Waals surface area contributed by atoms with Gasteiger partial charge in [-0.05, 0) is 36.3 Å². The van der Waals surface area contributed by atoms with Crippen molar-refractivity contribution in [2.24, 2.45) is 5.92 Å². The van der Waals surface area contributed by atoms with Gasteiger partial charge in [-0.2, -0.15) is 0 Å². The number of aromatic nitrogens is 2. The molecule has 0 aliphatic carbocycles. The van der Waals surface area contributed by atoms with Gasteiger partial charge >= 0.3 is 12.1 Å². The van der Waals surface area contributed by atoms with Gasteiger partial charge in [0, 0.05) is 30.6 Å². The quantitative estimate of drug-likeness (QED) is 0.106. The number of urea groups is 1. The predicted octanol–water partition coefficient (Wildman–Crippen LogP) is 5.91. The Labute approximate surface area is 302 Å². The maximum Gasteiger partial charge on any atom is 0.407 e. The number of ether oxygens (including phenoxy) is 1. The second-order valence-corrected chi connectivity index (χ2v) is 14.9. The number of aliphatic hydroxyl groups is 1. The number of hydrogen-bond acceptors (Lipinski definition) is 9. The Morgan fingerprint density at radius 3 is 2.14 bits per heavy atom. The van der Waals surface area contributed by atoms with Gasteiger partial charge in [0.1, 0.15) is 12.6 Å². The van der Waals surface area contributed by atoms with Gasteiger partial charge < -0.3 is 30.7 Å². The first-order chi connectivity index (χ1) is 24.0. The smallest absolute Gasteiger partial charge is 0.407 e. The number of hydrogen-bond donors (Lipinski definition) is 4. The van der Waals surface area contributed by atoms with E-state index in [9.17, 15) is 19.5 Å². The van der Waals surface area contributed by atoms with Gasteiger partial charge in [-0.1, -0.05) is 88.4 Å². The lowest BCUT2D eigenvalue weighted by molar-refractivity contribution is -0.124. The lowest BCUT2D eigenvalue weighted by Crippen LogP contribution is -2.55. The van der Waals surface area contributed by atoms with Gasteiger partial charge in [0.05, 0.1) is 39.8 Å². The minimum atomic E-state index is -1.05. The molecule has 0 bridgehead atoms. The summed E-state index contributed by atoms with van der Waals surface area (Å²) in [6.45, 7) is 8.28. The minimum absolute atomic E-state index is 0.0671. The lowest BCUT2D eigenvalue weighted by Gasteiger charge is -2.30. The Bertz CT molecular complexity index is 1620. The van der Waals surface area contributed by atoms with E-state index in [-0.39, 0.29) is 30.9 Å². The van der Waals surface area contributed by atoms with E-state index in [0.29, 0.717) is 25.3 Å². The van der Waals surface area contributed by atoms with Crippen molar-refractivity contribution in [3.63, 3.8) is 0 Å². The molecule has 4 N–H and O–H groups in total. The largest absolute Gasteiger partial charge is 0.444 e. The number of alkyl carbamates (subject to hydrolysis) is 1. The fourth-order valence-electron chi connectivity index (χ4n) is 5.39. The van der Waals surface area contributed by atoms with E-state index in [4.69, 9.17) is 4.74 Å². The third-order valence-corrected chi connectivity index (χ3v) is 10.1. The number of carbonyl (C=O) groups is 3. The molecule has 0 spiro atoms. The fraction of sp³-hybridized carbons (Fsp3) is 0.432. The molecule has 50 heavy (non-hydrogen) atoms. The van der Waals surface area contributed by atoms with Crippen LogP contribution in [0, 0.1) is 5.92 Å². The molecule has 0 unspecified atom stereocenters. The van der Waals surface area contributed by atoms with Crippen LogP contribution in [0.1, 0.15) is 66.7 Å². The van der Waals surface area contributed by atoms with Crippen molar-refractivity contribution < 1.29 is 24.2 Å². The maximum absolute atomic E-state index is 13.9. The molecule has 0 radical (unpaired) electrons. The second kappa shape index (κ2) is 19.2. The number of amides is 4. The molecule has 4 atom stereocenters. The summed E-state index contributed by atoms with van der Waals surface area (Å²) in [4.78, 5) is 51.0. The van der Waals surface area contributed by atoms with E-state index in [1.807, 2.05) is 79.9 Å². The Morgan fingerprint density at radius 2 is 1.56 bits per heavy atom. The maximum atomic E-state index is 13.9. The molecule has 11 nitrogen and oxygen atoms in total. The van der Waals surface area contributed by atoms with Gasteiger partial charge in [0.15, 0.2) is 0 Å². The first kappa shape index (κ1) is 38.5. The summed E-state index contributed by atoms with van der Waals surface area (Å²) in [7, 11) is 1.68. The third kappa shape index (κ3) is 12.2. The first-order valence-corrected chi connectivity index (χ1v) is 18.6. The molecule has 0 saturated heterocycles. The normalized spacial score (nSPS) is 13.7. The molecule has 2 aromatic heterocycles. The average Bonchev–Trinajstić information content (AvgIpc) is 3.79. The van der Waals surface area contributed by atoms with Crippen molar-refractivity contribution in [2.75, 3.05) is 7.05 Å². The fourth-order valence-corrected chi connectivity index (χ4v) is 6.72. The van der Waals surface area contributed by atoms with Gasteiger partial charge in [-0.15, -0.1) is 22.7 Å². The van der Waals surface area contributed by atoms with Crippen LogP contribution in [0.2, 0.25) is 0 Å². The Balaban J connectivity index is 1.46. The molecule has 4 amide bonds. The number of thiazole rings is 2. The average molecular weight is 721 g/mol. The van der Waals surface area contributed by atoms with Gasteiger partial charge in [0.25, 0.3) is 0 Å². The molecule has 0 saturated carbocycles. The standard InChI is InChI=1S/C37H48N6O5S2/c1-24(2)33(42-36(46)43(5)20-29-22-49-35(40-29)25(3)4)34(45)39-28(16-26-12-8-6-9-13-26)18-32(44)31(17-27-14-10-7-11-15-27)41-37(47)48-21-30-19-38-23-50-30/h6-15,19,22-25,28,31-33,44H,16-18,20-21H2,1-5H3,(H,39,45)(H,41,47)(H,42,46)/t28-,31+,32+,33-/m0/s1. The molecule has 0 aliphatic heterocycles. The van der Waals surface area contributed by atoms with E-state index in [1.54, 1.807) is 30.1 Å². The van der Waals surface area contributed by atoms with Crippen LogP contribution in [0.25, 0.3) is 0 Å². The summed E-state index contributed by atoms with van der Waals surface area (Å²) in [5.74, 6) is -0.277. The Hall–Kier alpha value is -4.33. The van der Waals surface area contributed by atoms with Crippen molar-refractivity contribution in [1.29, 1.82) is 0 Å². The molecule has 2 aromatic carbocycles. The topological polar surface area (TPSA) is 146 Å². The minimum Gasteiger partial charge on any atom is -0.444 e. The molecule has 0 aliphatic rings. The van der Waals surface area contributed by atoms with E-state index in [1.165, 1.54) is 16.2 Å². The zero-order valence-electron chi connectivity index (χ0n) is 29.2. The second-order valence-electron chi connectivity index (χ2n) is 13.0. The van der Waals surface area contributed by atoms with E-state index in [2.05, 4.69) is 39.8 Å². The molecule has 4 aromatic rings. The van der Waals surface area contributed by atoms with Crippen LogP contribution in [0.15, 0.2) is 77.8 Å². The van der Waals surface area contributed by atoms with E-state index >= 15 is 0 Å². The molecule has 268 valence electrons. The number of nitrogens with zero attached hydrogens (tertiary/aromatic N) is 3. The number of benzene rings is 2. The van der Waals surface area contributed by atoms with Gasteiger partial charge in [-0.25, -0.2) is 14.6 Å². The molecule has 2 heterocycles. The lowest BCUT2D eigenvalue weighted by atomic mass is 9.93. The van der Waals surface area contributed by atoms with Gasteiger partial charge in [0.2, 0.25) is 5.91 Å². The first-order valence-electron chi connectivity index (χ1n) is 16.8. The molecule has 0 fully saturated rings. The predicted molar refractivity (Wildman–Crippen MR) is 197 cm³/mol. The van der Waals surface area contributed by atoms with Crippen LogP contribution in [-0.2, 0) is 35.5 Å². The highest BCUT2D eigenvalue weighted by molar-refractivity contribution is 7.09. The molecule has 4 rings (SSSR count). The zero-order valence-corrected chi connectivity index (χ0v) is 30.9. The number of nitrogens with one attached hydrogen (secondary N) is 3. The summed E-state index contributed by atoms with van der Waals surface area (Å²) in [5.41, 5.74) is 4.35. The van der Waals surface area contributed by atoms with Crippen LogP contribution in [-0.4, -0.2) is 69.3 Å². The van der Waals surface area contributed by atoms with Crippen molar-refractivity contribution >= 4 is 40.7 Å². The highest BCUT2D eigenvalue weighted by Gasteiger charge is 2.31. The van der Waals surface area contributed by atoms with Crippen molar-refractivity contribution in [3.05, 3.63) is 104 Å². The van der Waals surface area contributed by atoms with Crippen molar-refractivity contribution in [3.8, 4) is 0 Å². The molecular weight excluding hydrogens is 673 g/mol. The van der Waals surface area contributed by atoms with Crippen molar-refractivity contribution in [1.82, 2.24) is 30.8 Å². The molecule has 13 heteroatoms. The summed E-state index contributed by atoms with van der Waals surface area (Å²) in [6.07, 6.45) is 0.836. The summed E-state index contributed by atoms with van der Waals surface area (Å²) < 4.78 is 5.42. The third-order valence-electron chi connectivity index (χ3n) is 8.13. The summed E-state index contributed by atoms with van der Waals surface area (Å²) in [5, 5.41) is 23.5. The van der Waals surface area contributed by atoms with Crippen LogP contribution in [0.5, 0.6) is 0 Å². The number of carbonyl (C=O) groups excluding carboxylic acids is 3. The number of rotatable bonds is 17. The number of aliphatic hydroxyl groups excluding tert-OH is 1. The van der Waals surface area contributed by atoms with E-state index < -0.39 is 30.3 Å². The monoisotopic (exact) mass is 720 g/mol. The Kier molecular flexibility index (Phi) is 14.7. The van der Waals surface area contributed by atoms with Crippen LogP contribution in [0.4, 0.5) is 9.59 Å². The van der Waals surface area contributed by atoms with Crippen LogP contribution in [0.3, 0.4) is 0 Å². The van der Waals surface area contributed by atoms with E-state index in [0.717, 1.165) is 26.7 Å². The van der Waals surface area contributed by atoms with Crippen molar-refractivity contribution in [2.45, 2.75) is 90.3 Å². The highest BCUT2D eigenvalue weighted by atomic mass is 32.1. The zero-order chi connectivity index (χ0) is 36.0. The summed E-state index contributed by atoms with van der Waals surface area (Å²) in [6, 6.07) is 16.8. The SMILES string of the molecule is CC(C)c1nc(CN(C)C(=O)N[C@H](C(=O)N[C@@H](Cc2ccccc2)C[C@@H](O)[C@@H](Cc2ccccc2)NC(=O)OCc2cncs2)C(C)C)cs1. The van der Waals surface area contributed by atoms with Crippen LogP contribution >= 0.6 is 22.7 Å². The van der Waals surface area contributed by atoms with Gasteiger partial charge in [-0.3, -0.25) is 9.78 Å².